The third-order valence-electron chi connectivity index (χ3n) is 6.08. The summed E-state index contributed by atoms with van der Waals surface area (Å²) >= 11 is 6.36. The van der Waals surface area contributed by atoms with Gasteiger partial charge in [-0.3, -0.25) is 4.90 Å². The Morgan fingerprint density at radius 2 is 1.93 bits per heavy atom. The number of carbonyl (C=O) groups excluding carboxylic acids is 1. The minimum Gasteiger partial charge on any atom is -0.497 e. The van der Waals surface area contributed by atoms with E-state index in [1.807, 2.05) is 54.4 Å². The summed E-state index contributed by atoms with van der Waals surface area (Å²) in [6.07, 6.45) is 2.63. The van der Waals surface area contributed by atoms with Crippen molar-refractivity contribution in [2.24, 2.45) is 5.92 Å². The molecular formula is C22H25ClN2O3. The van der Waals surface area contributed by atoms with E-state index in [1.165, 1.54) is 0 Å². The molecule has 6 heteroatoms. The third-order valence-corrected chi connectivity index (χ3v) is 6.31. The Bertz CT molecular complexity index is 882. The van der Waals surface area contributed by atoms with E-state index in [0.717, 1.165) is 35.4 Å². The molecule has 2 aromatic rings. The lowest BCUT2D eigenvalue weighted by molar-refractivity contribution is 0.0816. The van der Waals surface area contributed by atoms with Crippen molar-refractivity contribution in [3.63, 3.8) is 0 Å². The molecule has 1 aliphatic heterocycles. The molecule has 2 aliphatic rings. The Morgan fingerprint density at radius 3 is 2.54 bits per heavy atom. The number of methoxy groups -OCH3 is 1. The van der Waals surface area contributed by atoms with Gasteiger partial charge in [0.05, 0.1) is 24.9 Å². The zero-order valence-electron chi connectivity index (χ0n) is 16.2. The van der Waals surface area contributed by atoms with Gasteiger partial charge < -0.3 is 14.7 Å². The Balaban J connectivity index is 1.79. The van der Waals surface area contributed by atoms with Crippen molar-refractivity contribution in [1.29, 1.82) is 0 Å². The molecule has 1 saturated carbocycles. The van der Waals surface area contributed by atoms with Gasteiger partial charge in [0.15, 0.2) is 0 Å². The van der Waals surface area contributed by atoms with Crippen LogP contribution in [-0.4, -0.2) is 36.8 Å². The number of halogens is 1. The van der Waals surface area contributed by atoms with Gasteiger partial charge in [0.1, 0.15) is 5.75 Å². The summed E-state index contributed by atoms with van der Waals surface area (Å²) in [5.41, 5.74) is 2.43. The molecule has 1 aliphatic carbocycles. The van der Waals surface area contributed by atoms with Crippen LogP contribution in [0.2, 0.25) is 5.02 Å². The molecule has 0 saturated heterocycles. The maximum atomic E-state index is 13.4. The first-order chi connectivity index (χ1) is 13.5. The number of amides is 2. The number of fused-ring (bicyclic) bond motifs is 1. The second-order valence-electron chi connectivity index (χ2n) is 7.61. The van der Waals surface area contributed by atoms with Crippen LogP contribution in [0.4, 0.5) is 10.5 Å². The van der Waals surface area contributed by atoms with Crippen LogP contribution in [0.25, 0.3) is 0 Å². The van der Waals surface area contributed by atoms with Gasteiger partial charge in [0.25, 0.3) is 0 Å². The van der Waals surface area contributed by atoms with E-state index in [2.05, 4.69) is 0 Å². The number of aliphatic hydroxyl groups is 1. The van der Waals surface area contributed by atoms with Gasteiger partial charge in [-0.1, -0.05) is 23.7 Å². The maximum absolute atomic E-state index is 13.4. The van der Waals surface area contributed by atoms with Crippen molar-refractivity contribution in [3.8, 4) is 5.75 Å². The van der Waals surface area contributed by atoms with Crippen LogP contribution in [0.3, 0.4) is 0 Å². The van der Waals surface area contributed by atoms with Crippen LogP contribution in [0, 0.1) is 5.92 Å². The number of rotatable bonds is 6. The molecule has 2 amide bonds. The highest BCUT2D eigenvalue weighted by molar-refractivity contribution is 6.30. The fourth-order valence-corrected chi connectivity index (χ4v) is 4.70. The topological polar surface area (TPSA) is 53.0 Å². The Kier molecular flexibility index (Phi) is 4.98. The predicted molar refractivity (Wildman–Crippen MR) is 110 cm³/mol. The van der Waals surface area contributed by atoms with Gasteiger partial charge in [0, 0.05) is 24.2 Å². The van der Waals surface area contributed by atoms with Crippen LogP contribution in [0.15, 0.2) is 42.5 Å². The first-order valence-electron chi connectivity index (χ1n) is 9.60. The van der Waals surface area contributed by atoms with E-state index in [1.54, 1.807) is 12.0 Å². The fraction of sp³-hybridized carbons (Fsp3) is 0.409. The Morgan fingerprint density at radius 1 is 1.21 bits per heavy atom. The predicted octanol–water partition coefficient (Wildman–Crippen LogP) is 4.41. The van der Waals surface area contributed by atoms with Crippen LogP contribution < -0.4 is 9.64 Å². The first-order valence-corrected chi connectivity index (χ1v) is 9.98. The minimum atomic E-state index is -0.498. The zero-order valence-corrected chi connectivity index (χ0v) is 16.9. The number of aliphatic hydroxyl groups excluding tert-OH is 1. The number of benzene rings is 2. The van der Waals surface area contributed by atoms with Crippen molar-refractivity contribution in [2.75, 3.05) is 25.7 Å². The number of carbonyl (C=O) groups is 1. The number of hydrogen-bond donors (Lipinski definition) is 1. The van der Waals surface area contributed by atoms with Crippen LogP contribution >= 0.6 is 11.6 Å². The molecule has 1 atom stereocenters. The number of nitrogens with zero attached hydrogens (tertiary/aromatic N) is 2. The largest absolute Gasteiger partial charge is 0.497 e. The molecule has 0 radical (unpaired) electrons. The van der Waals surface area contributed by atoms with Crippen molar-refractivity contribution in [1.82, 2.24) is 4.90 Å². The van der Waals surface area contributed by atoms with Gasteiger partial charge in [-0.25, -0.2) is 4.79 Å². The lowest BCUT2D eigenvalue weighted by Crippen LogP contribution is -2.58. The van der Waals surface area contributed by atoms with E-state index in [9.17, 15) is 9.90 Å². The van der Waals surface area contributed by atoms with Crippen molar-refractivity contribution in [2.45, 2.75) is 31.3 Å². The Labute approximate surface area is 170 Å². The monoisotopic (exact) mass is 400 g/mol. The average molecular weight is 401 g/mol. The highest BCUT2D eigenvalue weighted by atomic mass is 35.5. The summed E-state index contributed by atoms with van der Waals surface area (Å²) in [4.78, 5) is 17.1. The van der Waals surface area contributed by atoms with Crippen molar-refractivity contribution in [3.05, 3.63) is 58.6 Å². The normalized spacial score (nSPS) is 21.6. The average Bonchev–Trinajstić information content (AvgIpc) is 3.55. The van der Waals surface area contributed by atoms with E-state index < -0.39 is 5.54 Å². The minimum absolute atomic E-state index is 0.0263. The highest BCUT2D eigenvalue weighted by Crippen LogP contribution is 2.56. The summed E-state index contributed by atoms with van der Waals surface area (Å²) in [5.74, 6) is 1.14. The summed E-state index contributed by atoms with van der Waals surface area (Å²) in [6.45, 7) is 0.486. The SMILES string of the molecule is COc1ccc(CN2C(=O)N(C)C(CCO)(C3CC3)c3cc(Cl)ccc32)cc1. The maximum Gasteiger partial charge on any atom is 0.325 e. The molecule has 1 N–H and O–H groups in total. The molecule has 2 aromatic carbocycles. The van der Waals surface area contributed by atoms with Gasteiger partial charge in [0.2, 0.25) is 0 Å². The van der Waals surface area contributed by atoms with E-state index in [4.69, 9.17) is 16.3 Å². The van der Waals surface area contributed by atoms with E-state index >= 15 is 0 Å². The zero-order chi connectivity index (χ0) is 19.9. The lowest BCUT2D eigenvalue weighted by Gasteiger charge is -2.50. The summed E-state index contributed by atoms with van der Waals surface area (Å²) in [6, 6.07) is 13.4. The molecule has 0 spiro atoms. The number of hydrogen-bond acceptors (Lipinski definition) is 3. The highest BCUT2D eigenvalue weighted by Gasteiger charge is 2.55. The summed E-state index contributed by atoms with van der Waals surface area (Å²) in [5, 5.41) is 10.5. The van der Waals surface area contributed by atoms with Crippen molar-refractivity contribution >= 4 is 23.3 Å². The van der Waals surface area contributed by atoms with Gasteiger partial charge in [-0.2, -0.15) is 0 Å². The molecule has 148 valence electrons. The molecule has 1 heterocycles. The first kappa shape index (κ1) is 19.1. The molecule has 5 nitrogen and oxygen atoms in total. The smallest absolute Gasteiger partial charge is 0.325 e. The molecule has 1 unspecified atom stereocenters. The van der Waals surface area contributed by atoms with Crippen LogP contribution in [0.1, 0.15) is 30.4 Å². The van der Waals surface area contributed by atoms with Gasteiger partial charge >= 0.3 is 6.03 Å². The molecular weight excluding hydrogens is 376 g/mol. The number of urea groups is 1. The van der Waals surface area contributed by atoms with Crippen LogP contribution in [-0.2, 0) is 12.1 Å². The molecule has 0 bridgehead atoms. The second kappa shape index (κ2) is 7.30. The van der Waals surface area contributed by atoms with Crippen molar-refractivity contribution < 1.29 is 14.6 Å². The standard InChI is InChI=1S/C22H25ClN2O3/c1-24-21(27)25(14-15-3-8-18(28-2)9-4-15)20-10-7-17(23)13-19(20)22(24,11-12-26)16-5-6-16/h3-4,7-10,13,16,26H,5-6,11-12,14H2,1-2H3. The number of ether oxygens (including phenoxy) is 1. The summed E-state index contributed by atoms with van der Waals surface area (Å²) in [7, 11) is 3.48. The van der Waals surface area contributed by atoms with Gasteiger partial charge in [-0.05, 0) is 61.1 Å². The fourth-order valence-electron chi connectivity index (χ4n) is 4.52. The van der Waals surface area contributed by atoms with E-state index in [-0.39, 0.29) is 12.6 Å². The molecule has 28 heavy (non-hydrogen) atoms. The number of anilines is 1. The lowest BCUT2D eigenvalue weighted by atomic mass is 9.78. The van der Waals surface area contributed by atoms with Crippen LogP contribution in [0.5, 0.6) is 5.75 Å². The van der Waals surface area contributed by atoms with E-state index in [0.29, 0.717) is 23.9 Å². The Hall–Kier alpha value is -2.24. The molecule has 0 aromatic heterocycles. The second-order valence-corrected chi connectivity index (χ2v) is 8.05. The van der Waals surface area contributed by atoms with Gasteiger partial charge in [-0.15, -0.1) is 0 Å². The molecule has 1 fully saturated rings. The molecule has 4 rings (SSSR count). The third kappa shape index (κ3) is 3.03. The summed E-state index contributed by atoms with van der Waals surface area (Å²) < 4.78 is 5.23. The quantitative estimate of drug-likeness (QED) is 0.781.